The maximum absolute atomic E-state index is 12.6. The number of allylic oxidation sites excluding steroid dienone is 2. The third kappa shape index (κ3) is 4.14. The fourth-order valence-electron chi connectivity index (χ4n) is 2.62. The number of benzene rings is 1. The van der Waals surface area contributed by atoms with E-state index in [-0.39, 0.29) is 5.92 Å². The Morgan fingerprint density at radius 1 is 1.20 bits per heavy atom. The average molecular weight is 346 g/mol. The lowest BCUT2D eigenvalue weighted by Crippen LogP contribution is -2.57. The first-order valence-corrected chi connectivity index (χ1v) is 7.85. The van der Waals surface area contributed by atoms with Crippen molar-refractivity contribution >= 4 is 11.8 Å². The molecule has 4 N–H and O–H groups in total. The van der Waals surface area contributed by atoms with Gasteiger partial charge in [0.05, 0.1) is 6.10 Å². The molecule has 134 valence electrons. The Morgan fingerprint density at radius 3 is 2.28 bits per heavy atom. The van der Waals surface area contributed by atoms with Crippen LogP contribution in [0.1, 0.15) is 18.4 Å². The Labute approximate surface area is 146 Å². The molecule has 1 aliphatic carbocycles. The number of nitrogens with one attached hydrogen (secondary N) is 2. The summed E-state index contributed by atoms with van der Waals surface area (Å²) in [5.41, 5.74) is 1.10. The van der Waals surface area contributed by atoms with Gasteiger partial charge in [0, 0.05) is 13.0 Å². The predicted octanol–water partition coefficient (Wildman–Crippen LogP) is 0.652. The normalized spacial score (nSPS) is 24.4. The predicted molar refractivity (Wildman–Crippen MR) is 90.7 cm³/mol. The van der Waals surface area contributed by atoms with Crippen molar-refractivity contribution in [3.63, 3.8) is 0 Å². The van der Waals surface area contributed by atoms with E-state index < -0.39 is 29.6 Å². The molecule has 1 aromatic carbocycles. The second kappa shape index (κ2) is 8.06. The smallest absolute Gasteiger partial charge is 0.268 e. The van der Waals surface area contributed by atoms with E-state index in [1.54, 1.807) is 12.2 Å². The Kier molecular flexibility index (Phi) is 6.08. The van der Waals surface area contributed by atoms with Crippen LogP contribution < -0.4 is 10.8 Å². The second-order valence-corrected chi connectivity index (χ2v) is 5.82. The number of carbonyl (C=O) groups is 2. The number of rotatable bonds is 6. The second-order valence-electron chi connectivity index (χ2n) is 5.82. The molecule has 0 saturated carbocycles. The number of aliphatic hydroxyl groups is 1. The van der Waals surface area contributed by atoms with Crippen LogP contribution in [0.25, 0.3) is 0 Å². The number of hydrogen-bond acceptors (Lipinski definition) is 5. The molecule has 2 amide bonds. The quantitative estimate of drug-likeness (QED) is 0.344. The molecular formula is C18H22N2O5. The minimum atomic E-state index is -1.39. The number of hydroxylamine groups is 1. The maximum atomic E-state index is 12.6. The van der Waals surface area contributed by atoms with Gasteiger partial charge in [0.1, 0.15) is 6.04 Å². The molecule has 0 fully saturated rings. The molecule has 0 unspecified atom stereocenters. The Balaban J connectivity index is 2.17. The SMILES string of the molecule is COC1(C(=O)N[C@H](C(=O)NO)[C@@H](C)O)C=CC(c2ccccc2)C=C1. The van der Waals surface area contributed by atoms with Gasteiger partial charge >= 0.3 is 0 Å². The molecule has 0 aromatic heterocycles. The minimum Gasteiger partial charge on any atom is -0.391 e. The molecule has 0 aliphatic heterocycles. The monoisotopic (exact) mass is 346 g/mol. The van der Waals surface area contributed by atoms with E-state index in [4.69, 9.17) is 9.94 Å². The lowest BCUT2D eigenvalue weighted by atomic mass is 9.87. The Morgan fingerprint density at radius 2 is 1.80 bits per heavy atom. The molecule has 0 bridgehead atoms. The van der Waals surface area contributed by atoms with Crippen LogP contribution in [0, 0.1) is 0 Å². The van der Waals surface area contributed by atoms with Crippen molar-refractivity contribution in [3.8, 4) is 0 Å². The molecule has 7 nitrogen and oxygen atoms in total. The van der Waals surface area contributed by atoms with Crippen molar-refractivity contribution in [2.75, 3.05) is 7.11 Å². The van der Waals surface area contributed by atoms with Gasteiger partial charge in [0.25, 0.3) is 11.8 Å². The summed E-state index contributed by atoms with van der Waals surface area (Å²) in [6.07, 6.45) is 5.69. The first-order valence-electron chi connectivity index (χ1n) is 7.85. The van der Waals surface area contributed by atoms with Crippen molar-refractivity contribution in [3.05, 3.63) is 60.2 Å². The number of hydrogen-bond donors (Lipinski definition) is 4. The van der Waals surface area contributed by atoms with Gasteiger partial charge in [-0.1, -0.05) is 42.5 Å². The van der Waals surface area contributed by atoms with Gasteiger partial charge in [0.15, 0.2) is 5.60 Å². The summed E-state index contributed by atoms with van der Waals surface area (Å²) >= 11 is 0. The molecule has 1 aliphatic rings. The fourth-order valence-corrected chi connectivity index (χ4v) is 2.62. The zero-order valence-corrected chi connectivity index (χ0v) is 14.0. The topological polar surface area (TPSA) is 108 Å². The van der Waals surface area contributed by atoms with Gasteiger partial charge in [-0.3, -0.25) is 14.8 Å². The van der Waals surface area contributed by atoms with Crippen molar-refractivity contribution < 1.29 is 24.6 Å². The lowest BCUT2D eigenvalue weighted by molar-refractivity contribution is -0.142. The standard InChI is InChI=1S/C18H22N2O5/c1-12(21)15(16(22)20-24)19-17(23)18(25-2)10-8-14(9-11-18)13-6-4-3-5-7-13/h3-12,14-15,21,24H,1-2H3,(H,19,23)(H,20,22)/t12-,14?,15+,18?/m1/s1. The number of amides is 2. The molecule has 0 spiro atoms. The summed E-state index contributed by atoms with van der Waals surface area (Å²) in [5, 5.41) is 20.8. The third-order valence-corrected chi connectivity index (χ3v) is 4.14. The van der Waals surface area contributed by atoms with Crippen LogP contribution >= 0.6 is 0 Å². The van der Waals surface area contributed by atoms with Gasteiger partial charge < -0.3 is 15.2 Å². The van der Waals surface area contributed by atoms with Crippen LogP contribution in [0.2, 0.25) is 0 Å². The number of aliphatic hydroxyl groups excluding tert-OH is 1. The Hall–Kier alpha value is -2.48. The zero-order chi connectivity index (χ0) is 18.4. The summed E-state index contributed by atoms with van der Waals surface area (Å²) in [6, 6.07) is 8.45. The number of methoxy groups -OCH3 is 1. The average Bonchev–Trinajstić information content (AvgIpc) is 2.65. The van der Waals surface area contributed by atoms with E-state index in [0.29, 0.717) is 0 Å². The highest BCUT2D eigenvalue weighted by Crippen LogP contribution is 2.28. The van der Waals surface area contributed by atoms with Gasteiger partial charge in [-0.05, 0) is 24.6 Å². The van der Waals surface area contributed by atoms with Crippen LogP contribution in [0.3, 0.4) is 0 Å². The molecular weight excluding hydrogens is 324 g/mol. The highest BCUT2D eigenvalue weighted by atomic mass is 16.5. The number of ether oxygens (including phenoxy) is 1. The van der Waals surface area contributed by atoms with Crippen LogP contribution in [0.4, 0.5) is 0 Å². The summed E-state index contributed by atoms with van der Waals surface area (Å²) in [6.45, 7) is 1.33. The summed E-state index contributed by atoms with van der Waals surface area (Å²) in [7, 11) is 1.38. The highest BCUT2D eigenvalue weighted by Gasteiger charge is 2.38. The molecule has 25 heavy (non-hydrogen) atoms. The van der Waals surface area contributed by atoms with Crippen molar-refractivity contribution in [2.24, 2.45) is 0 Å². The minimum absolute atomic E-state index is 0.00516. The summed E-state index contributed by atoms with van der Waals surface area (Å²) < 4.78 is 5.36. The molecule has 1 aromatic rings. The van der Waals surface area contributed by atoms with Crippen LogP contribution in [-0.2, 0) is 14.3 Å². The summed E-state index contributed by atoms with van der Waals surface area (Å²) in [5.74, 6) is -1.53. The molecule has 2 rings (SSSR count). The van der Waals surface area contributed by atoms with Gasteiger partial charge in [0.2, 0.25) is 0 Å². The van der Waals surface area contributed by atoms with Crippen LogP contribution in [0.15, 0.2) is 54.6 Å². The van der Waals surface area contributed by atoms with Crippen molar-refractivity contribution in [1.82, 2.24) is 10.8 Å². The highest BCUT2D eigenvalue weighted by molar-refractivity contribution is 5.94. The molecule has 2 atom stereocenters. The van der Waals surface area contributed by atoms with E-state index in [9.17, 15) is 14.7 Å². The van der Waals surface area contributed by atoms with E-state index in [0.717, 1.165) is 5.56 Å². The lowest BCUT2D eigenvalue weighted by Gasteiger charge is -2.30. The molecule has 0 saturated heterocycles. The Bertz CT molecular complexity index is 655. The summed E-state index contributed by atoms with van der Waals surface area (Å²) in [4.78, 5) is 24.2. The van der Waals surface area contributed by atoms with Crippen LogP contribution in [0.5, 0.6) is 0 Å². The van der Waals surface area contributed by atoms with Gasteiger partial charge in [-0.25, -0.2) is 5.48 Å². The van der Waals surface area contributed by atoms with E-state index in [1.165, 1.54) is 19.5 Å². The van der Waals surface area contributed by atoms with E-state index >= 15 is 0 Å². The fraction of sp³-hybridized carbons (Fsp3) is 0.333. The maximum Gasteiger partial charge on any atom is 0.268 e. The van der Waals surface area contributed by atoms with Crippen LogP contribution in [-0.4, -0.2) is 47.0 Å². The van der Waals surface area contributed by atoms with Crippen molar-refractivity contribution in [2.45, 2.75) is 30.6 Å². The van der Waals surface area contributed by atoms with Gasteiger partial charge in [-0.2, -0.15) is 0 Å². The third-order valence-electron chi connectivity index (χ3n) is 4.14. The molecule has 7 heteroatoms. The van der Waals surface area contributed by atoms with Gasteiger partial charge in [-0.15, -0.1) is 0 Å². The molecule has 0 radical (unpaired) electrons. The first kappa shape index (κ1) is 18.9. The van der Waals surface area contributed by atoms with Crippen molar-refractivity contribution in [1.29, 1.82) is 0 Å². The zero-order valence-electron chi connectivity index (χ0n) is 14.0. The van der Waals surface area contributed by atoms with E-state index in [2.05, 4.69) is 5.32 Å². The largest absolute Gasteiger partial charge is 0.391 e. The first-order chi connectivity index (χ1) is 11.9. The number of carbonyl (C=O) groups excluding carboxylic acids is 2. The van der Waals surface area contributed by atoms with E-state index in [1.807, 2.05) is 42.5 Å². The molecule has 0 heterocycles.